The third-order valence-corrected chi connectivity index (χ3v) is 2.42. The summed E-state index contributed by atoms with van der Waals surface area (Å²) in [4.78, 5) is 15.5. The molecule has 6 heteroatoms. The molecule has 1 aliphatic rings. The predicted molar refractivity (Wildman–Crippen MR) is 56.6 cm³/mol. The van der Waals surface area contributed by atoms with Crippen LogP contribution >= 0.6 is 0 Å². The normalized spacial score (nSPS) is 17.1. The summed E-state index contributed by atoms with van der Waals surface area (Å²) in [6.45, 7) is 2.68. The highest BCUT2D eigenvalue weighted by Crippen LogP contribution is 2.19. The molecule has 0 bridgehead atoms. The van der Waals surface area contributed by atoms with Crippen molar-refractivity contribution in [1.82, 2.24) is 20.1 Å². The minimum Gasteiger partial charge on any atom is -0.465 e. The number of hydrogen-bond donors (Lipinski definition) is 1. The number of ether oxygens (including phenoxy) is 1. The first-order valence-corrected chi connectivity index (χ1v) is 5.54. The van der Waals surface area contributed by atoms with Crippen LogP contribution in [0.15, 0.2) is 12.7 Å². The number of nitrogens with one attached hydrogen (secondary N) is 1. The SMILES string of the molecule is CCOC(=O)C(Cn1cncn1)NC1CC1. The van der Waals surface area contributed by atoms with Gasteiger partial charge in [0.2, 0.25) is 0 Å². The summed E-state index contributed by atoms with van der Waals surface area (Å²) in [7, 11) is 0. The highest BCUT2D eigenvalue weighted by molar-refractivity contribution is 5.75. The molecule has 1 atom stereocenters. The molecule has 1 N–H and O–H groups in total. The molecule has 0 radical (unpaired) electrons. The van der Waals surface area contributed by atoms with Crippen molar-refractivity contribution in [3.8, 4) is 0 Å². The van der Waals surface area contributed by atoms with Gasteiger partial charge in [-0.15, -0.1) is 0 Å². The van der Waals surface area contributed by atoms with Crippen LogP contribution < -0.4 is 5.32 Å². The van der Waals surface area contributed by atoms with Crippen LogP contribution in [0.25, 0.3) is 0 Å². The molecule has 0 spiro atoms. The second kappa shape index (κ2) is 5.07. The Morgan fingerprint density at radius 2 is 2.50 bits per heavy atom. The summed E-state index contributed by atoms with van der Waals surface area (Å²) in [5.74, 6) is -0.218. The number of carbonyl (C=O) groups is 1. The number of hydrogen-bond acceptors (Lipinski definition) is 5. The van der Waals surface area contributed by atoms with Crippen molar-refractivity contribution in [2.75, 3.05) is 6.61 Å². The zero-order valence-corrected chi connectivity index (χ0v) is 9.30. The minimum atomic E-state index is -0.325. The molecule has 88 valence electrons. The second-order valence-corrected chi connectivity index (χ2v) is 3.86. The molecule has 2 rings (SSSR count). The van der Waals surface area contributed by atoms with Gasteiger partial charge >= 0.3 is 5.97 Å². The van der Waals surface area contributed by atoms with Gasteiger partial charge in [0.05, 0.1) is 13.2 Å². The van der Waals surface area contributed by atoms with Crippen molar-refractivity contribution in [1.29, 1.82) is 0 Å². The second-order valence-electron chi connectivity index (χ2n) is 3.86. The lowest BCUT2D eigenvalue weighted by Gasteiger charge is -2.16. The molecule has 0 aliphatic heterocycles. The molecule has 1 saturated carbocycles. The van der Waals surface area contributed by atoms with E-state index in [1.54, 1.807) is 11.0 Å². The van der Waals surface area contributed by atoms with Gasteiger partial charge in [0.25, 0.3) is 0 Å². The molecule has 1 aromatic rings. The predicted octanol–water partition coefficient (Wildman–Crippen LogP) is -0.0382. The first-order chi connectivity index (χ1) is 7.79. The maximum Gasteiger partial charge on any atom is 0.325 e. The van der Waals surface area contributed by atoms with Crippen LogP contribution in [0.2, 0.25) is 0 Å². The van der Waals surface area contributed by atoms with Crippen LogP contribution in [0.1, 0.15) is 19.8 Å². The van der Waals surface area contributed by atoms with E-state index >= 15 is 0 Å². The molecule has 1 aromatic heterocycles. The lowest BCUT2D eigenvalue weighted by atomic mass is 10.3. The van der Waals surface area contributed by atoms with E-state index < -0.39 is 0 Å². The fourth-order valence-corrected chi connectivity index (χ4v) is 1.49. The Balaban J connectivity index is 1.92. The van der Waals surface area contributed by atoms with Crippen molar-refractivity contribution in [2.24, 2.45) is 0 Å². The van der Waals surface area contributed by atoms with Gasteiger partial charge < -0.3 is 10.1 Å². The smallest absolute Gasteiger partial charge is 0.325 e. The van der Waals surface area contributed by atoms with Crippen molar-refractivity contribution < 1.29 is 9.53 Å². The van der Waals surface area contributed by atoms with Crippen LogP contribution in [0.3, 0.4) is 0 Å². The van der Waals surface area contributed by atoms with E-state index in [4.69, 9.17) is 4.74 Å². The van der Waals surface area contributed by atoms with Crippen molar-refractivity contribution in [3.63, 3.8) is 0 Å². The maximum absolute atomic E-state index is 11.7. The van der Waals surface area contributed by atoms with Gasteiger partial charge in [-0.1, -0.05) is 0 Å². The largest absolute Gasteiger partial charge is 0.465 e. The summed E-state index contributed by atoms with van der Waals surface area (Å²) in [6.07, 6.45) is 5.32. The van der Waals surface area contributed by atoms with Crippen molar-refractivity contribution in [2.45, 2.75) is 38.4 Å². The summed E-state index contributed by atoms with van der Waals surface area (Å²) >= 11 is 0. The monoisotopic (exact) mass is 224 g/mol. The fraction of sp³-hybridized carbons (Fsp3) is 0.700. The van der Waals surface area contributed by atoms with Gasteiger partial charge in [-0.25, -0.2) is 4.98 Å². The number of carbonyl (C=O) groups excluding carboxylic acids is 1. The number of esters is 1. The third kappa shape index (κ3) is 3.03. The van der Waals surface area contributed by atoms with E-state index in [9.17, 15) is 4.79 Å². The molecule has 1 unspecified atom stereocenters. The highest BCUT2D eigenvalue weighted by Gasteiger charge is 2.29. The van der Waals surface area contributed by atoms with E-state index in [0.717, 1.165) is 12.8 Å². The van der Waals surface area contributed by atoms with E-state index in [-0.39, 0.29) is 12.0 Å². The van der Waals surface area contributed by atoms with E-state index in [1.807, 2.05) is 6.92 Å². The molecule has 1 fully saturated rings. The summed E-state index contributed by atoms with van der Waals surface area (Å²) < 4.78 is 6.65. The molecule has 6 nitrogen and oxygen atoms in total. The van der Waals surface area contributed by atoms with E-state index in [2.05, 4.69) is 15.4 Å². The highest BCUT2D eigenvalue weighted by atomic mass is 16.5. The zero-order valence-electron chi connectivity index (χ0n) is 9.30. The van der Waals surface area contributed by atoms with Gasteiger partial charge in [0, 0.05) is 6.04 Å². The molecule has 0 aromatic carbocycles. The number of aromatic nitrogens is 3. The fourth-order valence-electron chi connectivity index (χ4n) is 1.49. The Morgan fingerprint density at radius 1 is 1.69 bits per heavy atom. The first kappa shape index (κ1) is 11.1. The molecular formula is C10H16N4O2. The van der Waals surface area contributed by atoms with Gasteiger partial charge in [-0.2, -0.15) is 5.10 Å². The maximum atomic E-state index is 11.7. The molecule has 16 heavy (non-hydrogen) atoms. The minimum absolute atomic E-state index is 0.218. The lowest BCUT2D eigenvalue weighted by Crippen LogP contribution is -2.42. The van der Waals surface area contributed by atoms with Crippen LogP contribution in [-0.2, 0) is 16.1 Å². The Hall–Kier alpha value is -1.43. The third-order valence-electron chi connectivity index (χ3n) is 2.42. The standard InChI is InChI=1S/C10H16N4O2/c1-2-16-10(15)9(13-8-3-4-8)5-14-7-11-6-12-14/h6-9,13H,2-5H2,1H3. The first-order valence-electron chi connectivity index (χ1n) is 5.54. The van der Waals surface area contributed by atoms with Crippen molar-refractivity contribution >= 4 is 5.97 Å². The zero-order chi connectivity index (χ0) is 11.4. The summed E-state index contributed by atoms with van der Waals surface area (Å²) in [5, 5.41) is 7.23. The average molecular weight is 224 g/mol. The Kier molecular flexibility index (Phi) is 3.51. The van der Waals surface area contributed by atoms with E-state index in [1.165, 1.54) is 6.33 Å². The summed E-state index contributed by atoms with van der Waals surface area (Å²) in [6, 6.07) is 0.132. The molecule has 1 heterocycles. The van der Waals surface area contributed by atoms with Crippen molar-refractivity contribution in [3.05, 3.63) is 12.7 Å². The molecular weight excluding hydrogens is 208 g/mol. The Morgan fingerprint density at radius 3 is 3.06 bits per heavy atom. The van der Waals surface area contributed by atoms with E-state index in [0.29, 0.717) is 19.2 Å². The van der Waals surface area contributed by atoms with Gasteiger partial charge in [-0.05, 0) is 19.8 Å². The average Bonchev–Trinajstić information content (AvgIpc) is 2.92. The number of rotatable bonds is 6. The van der Waals surface area contributed by atoms with Crippen LogP contribution in [0.4, 0.5) is 0 Å². The van der Waals surface area contributed by atoms with Gasteiger partial charge in [-0.3, -0.25) is 9.48 Å². The van der Waals surface area contributed by atoms with Crippen LogP contribution in [0.5, 0.6) is 0 Å². The lowest BCUT2D eigenvalue weighted by molar-refractivity contribution is -0.146. The number of nitrogens with zero attached hydrogens (tertiary/aromatic N) is 3. The van der Waals surface area contributed by atoms with Gasteiger partial charge in [0.15, 0.2) is 0 Å². The molecule has 0 amide bonds. The molecule has 0 saturated heterocycles. The van der Waals surface area contributed by atoms with Crippen LogP contribution in [0, 0.1) is 0 Å². The molecule has 1 aliphatic carbocycles. The Labute approximate surface area is 94.0 Å². The topological polar surface area (TPSA) is 69.0 Å². The Bertz CT molecular complexity index is 335. The van der Waals surface area contributed by atoms with Gasteiger partial charge in [0.1, 0.15) is 18.7 Å². The summed E-state index contributed by atoms with van der Waals surface area (Å²) in [5.41, 5.74) is 0. The quantitative estimate of drug-likeness (QED) is 0.687. The van der Waals surface area contributed by atoms with Crippen LogP contribution in [-0.4, -0.2) is 39.4 Å².